The summed E-state index contributed by atoms with van der Waals surface area (Å²) in [7, 11) is 1.67. The van der Waals surface area contributed by atoms with E-state index in [-0.39, 0.29) is 0 Å². The fourth-order valence-electron chi connectivity index (χ4n) is 1.72. The molecule has 3 N–H and O–H groups in total. The summed E-state index contributed by atoms with van der Waals surface area (Å²) in [5.74, 6) is 0.862. The molecular formula is C11H13BrN2O. The Morgan fingerprint density at radius 1 is 1.47 bits per heavy atom. The van der Waals surface area contributed by atoms with Crippen LogP contribution in [0, 0.1) is 6.92 Å². The number of fused-ring (bicyclic) bond motifs is 1. The summed E-state index contributed by atoms with van der Waals surface area (Å²) in [5.41, 5.74) is 8.82. The predicted molar refractivity (Wildman–Crippen MR) is 65.2 cm³/mol. The van der Waals surface area contributed by atoms with E-state index in [1.165, 1.54) is 0 Å². The SMILES string of the molecule is COc1c(Br)c(C)cc2[nH]c(CN)cc12. The van der Waals surface area contributed by atoms with E-state index in [0.717, 1.165) is 32.4 Å². The lowest BCUT2D eigenvalue weighted by Gasteiger charge is -2.07. The zero-order chi connectivity index (χ0) is 11.0. The normalized spacial score (nSPS) is 10.9. The molecule has 0 saturated heterocycles. The van der Waals surface area contributed by atoms with Crippen molar-refractivity contribution in [3.8, 4) is 5.75 Å². The van der Waals surface area contributed by atoms with Gasteiger partial charge < -0.3 is 15.5 Å². The molecule has 2 rings (SSSR count). The molecule has 0 aliphatic carbocycles. The molecule has 0 aliphatic rings. The van der Waals surface area contributed by atoms with E-state index in [2.05, 4.69) is 27.0 Å². The molecule has 2 aromatic rings. The van der Waals surface area contributed by atoms with Gasteiger partial charge in [0.2, 0.25) is 0 Å². The predicted octanol–water partition coefficient (Wildman–Crippen LogP) is 2.71. The molecule has 0 saturated carbocycles. The third kappa shape index (κ3) is 1.64. The minimum absolute atomic E-state index is 0.508. The van der Waals surface area contributed by atoms with Gasteiger partial charge in [0, 0.05) is 23.1 Å². The van der Waals surface area contributed by atoms with E-state index >= 15 is 0 Å². The van der Waals surface area contributed by atoms with Gasteiger partial charge in [-0.25, -0.2) is 0 Å². The lowest BCUT2D eigenvalue weighted by Crippen LogP contribution is -1.94. The summed E-state index contributed by atoms with van der Waals surface area (Å²) in [6.45, 7) is 2.55. The van der Waals surface area contributed by atoms with Crippen molar-refractivity contribution in [2.75, 3.05) is 7.11 Å². The number of hydrogen-bond donors (Lipinski definition) is 2. The van der Waals surface area contributed by atoms with Gasteiger partial charge in [-0.15, -0.1) is 0 Å². The van der Waals surface area contributed by atoms with Crippen LogP contribution in [0.2, 0.25) is 0 Å². The smallest absolute Gasteiger partial charge is 0.142 e. The fraction of sp³-hybridized carbons (Fsp3) is 0.273. The summed E-state index contributed by atoms with van der Waals surface area (Å²) in [6, 6.07) is 4.11. The standard InChI is InChI=1S/C11H13BrN2O/c1-6-3-9-8(4-7(5-13)14-9)11(15-2)10(6)12/h3-4,14H,5,13H2,1-2H3. The molecule has 0 atom stereocenters. The van der Waals surface area contributed by atoms with Crippen LogP contribution in [0.4, 0.5) is 0 Å². The fourth-order valence-corrected chi connectivity index (χ4v) is 2.21. The van der Waals surface area contributed by atoms with E-state index in [0.29, 0.717) is 6.54 Å². The lowest BCUT2D eigenvalue weighted by molar-refractivity contribution is 0.417. The number of ether oxygens (including phenoxy) is 1. The second kappa shape index (κ2) is 3.87. The number of rotatable bonds is 2. The molecular weight excluding hydrogens is 256 g/mol. The van der Waals surface area contributed by atoms with Crippen molar-refractivity contribution in [2.45, 2.75) is 13.5 Å². The van der Waals surface area contributed by atoms with Crippen LogP contribution in [-0.4, -0.2) is 12.1 Å². The second-order valence-corrected chi connectivity index (χ2v) is 4.29. The first-order valence-corrected chi connectivity index (χ1v) is 5.51. The second-order valence-electron chi connectivity index (χ2n) is 3.50. The summed E-state index contributed by atoms with van der Waals surface area (Å²) in [6.07, 6.45) is 0. The summed E-state index contributed by atoms with van der Waals surface area (Å²) in [5, 5.41) is 1.07. The average molecular weight is 269 g/mol. The highest BCUT2D eigenvalue weighted by atomic mass is 79.9. The molecule has 0 spiro atoms. The Morgan fingerprint density at radius 3 is 2.80 bits per heavy atom. The molecule has 0 aliphatic heterocycles. The first-order chi connectivity index (χ1) is 7.17. The van der Waals surface area contributed by atoms with Crippen LogP contribution >= 0.6 is 15.9 Å². The van der Waals surface area contributed by atoms with Gasteiger partial charge in [0.15, 0.2) is 0 Å². The van der Waals surface area contributed by atoms with Gasteiger partial charge in [-0.3, -0.25) is 0 Å². The minimum atomic E-state index is 0.508. The summed E-state index contributed by atoms with van der Waals surface area (Å²) >= 11 is 3.52. The van der Waals surface area contributed by atoms with Crippen LogP contribution in [-0.2, 0) is 6.54 Å². The molecule has 80 valence electrons. The van der Waals surface area contributed by atoms with Gasteiger partial charge in [-0.1, -0.05) is 0 Å². The molecule has 0 bridgehead atoms. The number of H-pyrrole nitrogens is 1. The van der Waals surface area contributed by atoms with Gasteiger partial charge in [0.1, 0.15) is 5.75 Å². The number of nitrogens with one attached hydrogen (secondary N) is 1. The Morgan fingerprint density at radius 2 is 2.20 bits per heavy atom. The van der Waals surface area contributed by atoms with Crippen LogP contribution in [0.1, 0.15) is 11.3 Å². The first-order valence-electron chi connectivity index (χ1n) is 4.72. The lowest BCUT2D eigenvalue weighted by atomic mass is 10.1. The maximum Gasteiger partial charge on any atom is 0.142 e. The topological polar surface area (TPSA) is 51.0 Å². The van der Waals surface area contributed by atoms with Crippen LogP contribution in [0.3, 0.4) is 0 Å². The Balaban J connectivity index is 2.79. The number of aromatic nitrogens is 1. The number of aromatic amines is 1. The summed E-state index contributed by atoms with van der Waals surface area (Å²) in [4.78, 5) is 3.26. The molecule has 4 heteroatoms. The van der Waals surface area contributed by atoms with Gasteiger partial charge in [-0.05, 0) is 40.5 Å². The van der Waals surface area contributed by atoms with Gasteiger partial charge in [0.05, 0.1) is 11.6 Å². The van der Waals surface area contributed by atoms with Crippen LogP contribution in [0.25, 0.3) is 10.9 Å². The van der Waals surface area contributed by atoms with Crippen molar-refractivity contribution in [1.82, 2.24) is 4.98 Å². The Kier molecular flexibility index (Phi) is 2.71. The largest absolute Gasteiger partial charge is 0.495 e. The maximum atomic E-state index is 5.60. The number of nitrogens with two attached hydrogens (primary N) is 1. The van der Waals surface area contributed by atoms with Crippen LogP contribution < -0.4 is 10.5 Å². The molecule has 0 amide bonds. The van der Waals surface area contributed by atoms with Gasteiger partial charge >= 0.3 is 0 Å². The van der Waals surface area contributed by atoms with Crippen LogP contribution in [0.15, 0.2) is 16.6 Å². The van der Waals surface area contributed by atoms with Crippen molar-refractivity contribution < 1.29 is 4.74 Å². The first kappa shape index (κ1) is 10.5. The number of halogens is 1. The van der Waals surface area contributed by atoms with Crippen molar-refractivity contribution in [1.29, 1.82) is 0 Å². The van der Waals surface area contributed by atoms with E-state index in [1.54, 1.807) is 7.11 Å². The minimum Gasteiger partial charge on any atom is -0.495 e. The molecule has 0 fully saturated rings. The number of methoxy groups -OCH3 is 1. The zero-order valence-electron chi connectivity index (χ0n) is 8.73. The zero-order valence-corrected chi connectivity index (χ0v) is 10.3. The molecule has 0 unspecified atom stereocenters. The number of aryl methyl sites for hydroxylation is 1. The van der Waals surface area contributed by atoms with E-state index in [9.17, 15) is 0 Å². The summed E-state index contributed by atoms with van der Waals surface area (Å²) < 4.78 is 6.39. The van der Waals surface area contributed by atoms with Crippen molar-refractivity contribution >= 4 is 26.8 Å². The molecule has 3 nitrogen and oxygen atoms in total. The van der Waals surface area contributed by atoms with E-state index < -0.39 is 0 Å². The van der Waals surface area contributed by atoms with E-state index in [4.69, 9.17) is 10.5 Å². The van der Waals surface area contributed by atoms with Crippen LogP contribution in [0.5, 0.6) is 5.75 Å². The number of benzene rings is 1. The van der Waals surface area contributed by atoms with Crippen molar-refractivity contribution in [3.05, 3.63) is 27.9 Å². The van der Waals surface area contributed by atoms with Gasteiger partial charge in [-0.2, -0.15) is 0 Å². The maximum absolute atomic E-state index is 5.60. The number of hydrogen-bond acceptors (Lipinski definition) is 2. The van der Waals surface area contributed by atoms with Crippen molar-refractivity contribution in [2.24, 2.45) is 5.73 Å². The molecule has 15 heavy (non-hydrogen) atoms. The Labute approximate surface area is 96.7 Å². The van der Waals surface area contributed by atoms with E-state index in [1.807, 2.05) is 13.0 Å². The third-order valence-corrected chi connectivity index (χ3v) is 3.46. The highest BCUT2D eigenvalue weighted by Gasteiger charge is 2.11. The third-order valence-electron chi connectivity index (χ3n) is 2.48. The molecule has 0 radical (unpaired) electrons. The average Bonchev–Trinajstić information content (AvgIpc) is 2.62. The molecule has 1 aromatic carbocycles. The molecule has 1 aromatic heterocycles. The Bertz CT molecular complexity index is 505. The van der Waals surface area contributed by atoms with Crippen molar-refractivity contribution in [3.63, 3.8) is 0 Å². The highest BCUT2D eigenvalue weighted by Crippen LogP contribution is 2.36. The van der Waals surface area contributed by atoms with Gasteiger partial charge in [0.25, 0.3) is 0 Å². The molecule has 1 heterocycles. The Hall–Kier alpha value is -1.00. The quantitative estimate of drug-likeness (QED) is 0.880. The monoisotopic (exact) mass is 268 g/mol. The highest BCUT2D eigenvalue weighted by molar-refractivity contribution is 9.10.